The minimum absolute atomic E-state index is 0.114. The van der Waals surface area contributed by atoms with Crippen molar-refractivity contribution in [2.45, 2.75) is 32.4 Å². The van der Waals surface area contributed by atoms with Crippen LogP contribution in [0.3, 0.4) is 0 Å². The SMILES string of the molecule is CCC1SC2=NCC(C)(C)CN2C1=O. The normalized spacial score (nSPS) is 30.2. The van der Waals surface area contributed by atoms with Gasteiger partial charge in [0.05, 0.1) is 5.25 Å². The van der Waals surface area contributed by atoms with Crippen LogP contribution < -0.4 is 0 Å². The molecule has 1 unspecified atom stereocenters. The first kappa shape index (κ1) is 10.0. The van der Waals surface area contributed by atoms with Gasteiger partial charge in [0.25, 0.3) is 0 Å². The summed E-state index contributed by atoms with van der Waals surface area (Å²) >= 11 is 1.63. The Morgan fingerprint density at radius 1 is 1.64 bits per heavy atom. The Morgan fingerprint density at radius 2 is 2.36 bits per heavy atom. The highest BCUT2D eigenvalue weighted by Gasteiger charge is 2.41. The van der Waals surface area contributed by atoms with Gasteiger partial charge < -0.3 is 0 Å². The Balaban J connectivity index is 2.22. The minimum Gasteiger partial charge on any atom is -0.290 e. The fourth-order valence-electron chi connectivity index (χ4n) is 1.80. The number of carbonyl (C=O) groups excluding carboxylic acids is 1. The van der Waals surface area contributed by atoms with Crippen molar-refractivity contribution >= 4 is 22.8 Å². The molecule has 1 amide bonds. The first-order valence-electron chi connectivity index (χ1n) is 5.06. The maximum Gasteiger partial charge on any atom is 0.242 e. The third-order valence-corrected chi connectivity index (χ3v) is 4.00. The predicted octanol–water partition coefficient (Wildman–Crippen LogP) is 1.74. The zero-order valence-corrected chi connectivity index (χ0v) is 9.73. The van der Waals surface area contributed by atoms with Gasteiger partial charge in [0.2, 0.25) is 5.91 Å². The van der Waals surface area contributed by atoms with Gasteiger partial charge in [-0.15, -0.1) is 0 Å². The number of amidine groups is 1. The van der Waals surface area contributed by atoms with Crippen molar-refractivity contribution in [1.82, 2.24) is 4.90 Å². The van der Waals surface area contributed by atoms with Crippen LogP contribution in [-0.2, 0) is 4.79 Å². The summed E-state index contributed by atoms with van der Waals surface area (Å²) in [6, 6.07) is 0. The molecule has 1 atom stereocenters. The van der Waals surface area contributed by atoms with Gasteiger partial charge in [-0.25, -0.2) is 0 Å². The Labute approximate surface area is 89.0 Å². The molecule has 0 spiro atoms. The van der Waals surface area contributed by atoms with Crippen molar-refractivity contribution in [3.63, 3.8) is 0 Å². The highest BCUT2D eigenvalue weighted by Crippen LogP contribution is 2.35. The molecule has 0 bridgehead atoms. The molecule has 4 heteroatoms. The van der Waals surface area contributed by atoms with Crippen LogP contribution in [0.15, 0.2) is 4.99 Å². The van der Waals surface area contributed by atoms with E-state index < -0.39 is 0 Å². The number of hydrogen-bond donors (Lipinski definition) is 0. The van der Waals surface area contributed by atoms with Gasteiger partial charge in [0.15, 0.2) is 5.17 Å². The van der Waals surface area contributed by atoms with E-state index in [-0.39, 0.29) is 16.6 Å². The van der Waals surface area contributed by atoms with Crippen molar-refractivity contribution < 1.29 is 4.79 Å². The van der Waals surface area contributed by atoms with Gasteiger partial charge in [-0.2, -0.15) is 0 Å². The molecule has 3 nitrogen and oxygen atoms in total. The topological polar surface area (TPSA) is 32.7 Å². The quantitative estimate of drug-likeness (QED) is 0.663. The van der Waals surface area contributed by atoms with E-state index in [2.05, 4.69) is 25.8 Å². The number of rotatable bonds is 1. The van der Waals surface area contributed by atoms with E-state index in [9.17, 15) is 4.79 Å². The number of carbonyl (C=O) groups is 1. The molecule has 0 aromatic rings. The second-order valence-corrected chi connectivity index (χ2v) is 5.87. The smallest absolute Gasteiger partial charge is 0.242 e. The average molecular weight is 212 g/mol. The third kappa shape index (κ3) is 1.56. The van der Waals surface area contributed by atoms with Crippen LogP contribution in [0.1, 0.15) is 27.2 Å². The third-order valence-electron chi connectivity index (χ3n) is 2.62. The summed E-state index contributed by atoms with van der Waals surface area (Å²) in [5.41, 5.74) is 0.141. The van der Waals surface area contributed by atoms with Crippen LogP contribution in [0.4, 0.5) is 0 Å². The fraction of sp³-hybridized carbons (Fsp3) is 0.800. The largest absolute Gasteiger partial charge is 0.290 e. The molecule has 1 fully saturated rings. The van der Waals surface area contributed by atoms with Crippen molar-refractivity contribution in [2.24, 2.45) is 10.4 Å². The molecule has 1 saturated heterocycles. The molecule has 14 heavy (non-hydrogen) atoms. The maximum atomic E-state index is 11.9. The average Bonchev–Trinajstić information content (AvgIpc) is 2.42. The van der Waals surface area contributed by atoms with Crippen molar-refractivity contribution in [2.75, 3.05) is 13.1 Å². The van der Waals surface area contributed by atoms with Gasteiger partial charge in [0, 0.05) is 18.5 Å². The van der Waals surface area contributed by atoms with E-state index in [1.54, 1.807) is 11.8 Å². The number of fused-ring (bicyclic) bond motifs is 1. The van der Waals surface area contributed by atoms with Gasteiger partial charge in [-0.3, -0.25) is 14.7 Å². The first-order valence-corrected chi connectivity index (χ1v) is 5.94. The molecule has 0 radical (unpaired) electrons. The molecule has 2 rings (SSSR count). The van der Waals surface area contributed by atoms with E-state index in [0.717, 1.165) is 24.7 Å². The van der Waals surface area contributed by atoms with E-state index >= 15 is 0 Å². The summed E-state index contributed by atoms with van der Waals surface area (Å²) < 4.78 is 0. The van der Waals surface area contributed by atoms with Crippen molar-refractivity contribution in [3.8, 4) is 0 Å². The lowest BCUT2D eigenvalue weighted by Gasteiger charge is -2.32. The Morgan fingerprint density at radius 3 is 3.00 bits per heavy atom. The lowest BCUT2D eigenvalue weighted by Crippen LogP contribution is -2.44. The molecular formula is C10H16N2OS. The molecule has 0 aromatic carbocycles. The Hall–Kier alpha value is -0.510. The zero-order valence-electron chi connectivity index (χ0n) is 8.91. The summed E-state index contributed by atoms with van der Waals surface area (Å²) in [6.45, 7) is 8.04. The summed E-state index contributed by atoms with van der Waals surface area (Å²) in [7, 11) is 0. The number of nitrogens with zero attached hydrogens (tertiary/aromatic N) is 2. The van der Waals surface area contributed by atoms with Crippen LogP contribution in [0.25, 0.3) is 0 Å². The van der Waals surface area contributed by atoms with Crippen LogP contribution in [-0.4, -0.2) is 34.3 Å². The summed E-state index contributed by atoms with van der Waals surface area (Å²) in [4.78, 5) is 18.2. The summed E-state index contributed by atoms with van der Waals surface area (Å²) in [6.07, 6.45) is 0.902. The molecule has 2 heterocycles. The molecule has 0 N–H and O–H groups in total. The number of hydrogen-bond acceptors (Lipinski definition) is 3. The molecule has 2 aliphatic rings. The van der Waals surface area contributed by atoms with E-state index in [1.807, 2.05) is 4.90 Å². The molecule has 2 aliphatic heterocycles. The predicted molar refractivity (Wildman–Crippen MR) is 59.5 cm³/mol. The van der Waals surface area contributed by atoms with Gasteiger partial charge in [-0.05, 0) is 6.42 Å². The van der Waals surface area contributed by atoms with Crippen LogP contribution in [0.2, 0.25) is 0 Å². The molecule has 0 aliphatic carbocycles. The van der Waals surface area contributed by atoms with Gasteiger partial charge in [-0.1, -0.05) is 32.5 Å². The van der Waals surface area contributed by atoms with E-state index in [1.165, 1.54) is 0 Å². The minimum atomic E-state index is 0.114. The van der Waals surface area contributed by atoms with Crippen LogP contribution in [0.5, 0.6) is 0 Å². The van der Waals surface area contributed by atoms with Gasteiger partial charge >= 0.3 is 0 Å². The molecule has 0 saturated carbocycles. The highest BCUT2D eigenvalue weighted by molar-refractivity contribution is 8.15. The summed E-state index contributed by atoms with van der Waals surface area (Å²) in [5, 5.41) is 1.06. The van der Waals surface area contributed by atoms with Crippen molar-refractivity contribution in [1.29, 1.82) is 0 Å². The summed E-state index contributed by atoms with van der Waals surface area (Å²) in [5.74, 6) is 0.254. The Kier molecular flexibility index (Phi) is 2.33. The first-order chi connectivity index (χ1) is 6.53. The Bertz CT molecular complexity index is 298. The molecule has 78 valence electrons. The monoisotopic (exact) mass is 212 g/mol. The highest BCUT2D eigenvalue weighted by atomic mass is 32.2. The molecule has 0 aromatic heterocycles. The van der Waals surface area contributed by atoms with E-state index in [0.29, 0.717) is 0 Å². The second-order valence-electron chi connectivity index (χ2n) is 4.70. The van der Waals surface area contributed by atoms with Crippen molar-refractivity contribution in [3.05, 3.63) is 0 Å². The molecular weight excluding hydrogens is 196 g/mol. The standard InChI is InChI=1S/C10H16N2OS/c1-4-7-8(13)12-6-10(2,3)5-11-9(12)14-7/h7H,4-6H2,1-3H3. The maximum absolute atomic E-state index is 11.9. The van der Waals surface area contributed by atoms with Crippen LogP contribution in [0, 0.1) is 5.41 Å². The number of aliphatic imine (C=N–C) groups is 1. The number of thioether (sulfide) groups is 1. The van der Waals surface area contributed by atoms with Crippen LogP contribution >= 0.6 is 11.8 Å². The van der Waals surface area contributed by atoms with Gasteiger partial charge in [0.1, 0.15) is 0 Å². The lowest BCUT2D eigenvalue weighted by molar-refractivity contribution is -0.127. The lowest BCUT2D eigenvalue weighted by atomic mass is 9.92. The zero-order chi connectivity index (χ0) is 10.3. The second kappa shape index (κ2) is 3.26. The fourth-order valence-corrected chi connectivity index (χ4v) is 2.87. The number of amides is 1. The van der Waals surface area contributed by atoms with E-state index in [4.69, 9.17) is 0 Å².